The van der Waals surface area contributed by atoms with Gasteiger partial charge in [-0.15, -0.1) is 0 Å². The molecule has 0 saturated carbocycles. The Morgan fingerprint density at radius 1 is 1.31 bits per heavy atom. The second-order valence-electron chi connectivity index (χ2n) is 3.63. The number of hydrogen-bond donors (Lipinski definition) is 3. The van der Waals surface area contributed by atoms with Gasteiger partial charge in [0.05, 0.1) is 11.3 Å². The molecule has 0 aliphatic heterocycles. The molecule has 0 aliphatic carbocycles. The molecule has 1 atom stereocenters. The van der Waals surface area contributed by atoms with Crippen molar-refractivity contribution in [1.82, 2.24) is 6.15 Å². The molecule has 0 spiro atoms. The molecule has 0 heterocycles. The quantitative estimate of drug-likeness (QED) is 0.621. The van der Waals surface area contributed by atoms with Crippen molar-refractivity contribution in [3.63, 3.8) is 0 Å². The minimum Gasteiger partial charge on any atom is -0.481 e. The van der Waals surface area contributed by atoms with Gasteiger partial charge in [-0.3, -0.25) is 9.59 Å². The van der Waals surface area contributed by atoms with Crippen molar-refractivity contribution in [3.05, 3.63) is 0 Å². The standard InChI is InChI=1S/C8H14O4.H3N/c1-5(6(9)10)4-8(2,3)7(11)12;/h5H,4H2,1-3H3,(H,9,10)(H,11,12);1H3. The van der Waals surface area contributed by atoms with E-state index in [0.29, 0.717) is 0 Å². The highest BCUT2D eigenvalue weighted by Crippen LogP contribution is 2.25. The van der Waals surface area contributed by atoms with E-state index in [2.05, 4.69) is 0 Å². The Morgan fingerprint density at radius 2 is 1.69 bits per heavy atom. The summed E-state index contributed by atoms with van der Waals surface area (Å²) in [5.41, 5.74) is -0.961. The van der Waals surface area contributed by atoms with E-state index in [1.807, 2.05) is 0 Å². The largest absolute Gasteiger partial charge is 0.481 e. The van der Waals surface area contributed by atoms with Crippen LogP contribution < -0.4 is 6.15 Å². The van der Waals surface area contributed by atoms with Crippen LogP contribution in [0.25, 0.3) is 0 Å². The van der Waals surface area contributed by atoms with Gasteiger partial charge in [0.25, 0.3) is 0 Å². The first-order valence-electron chi connectivity index (χ1n) is 3.73. The maximum Gasteiger partial charge on any atom is 0.309 e. The maximum absolute atomic E-state index is 10.6. The lowest BCUT2D eigenvalue weighted by atomic mass is 9.83. The van der Waals surface area contributed by atoms with Gasteiger partial charge in [-0.05, 0) is 20.3 Å². The summed E-state index contributed by atoms with van der Waals surface area (Å²) in [5, 5.41) is 17.2. The second kappa shape index (κ2) is 4.81. The molecule has 1 unspecified atom stereocenters. The fraction of sp³-hybridized carbons (Fsp3) is 0.750. The Hall–Kier alpha value is -1.10. The fourth-order valence-electron chi connectivity index (χ4n) is 0.940. The molecule has 0 bridgehead atoms. The van der Waals surface area contributed by atoms with Crippen LogP contribution in [0, 0.1) is 11.3 Å². The minimum atomic E-state index is -0.962. The third-order valence-electron chi connectivity index (χ3n) is 1.82. The number of carboxylic acid groups (broad SMARTS) is 2. The van der Waals surface area contributed by atoms with Crippen molar-refractivity contribution < 1.29 is 19.8 Å². The smallest absolute Gasteiger partial charge is 0.309 e. The van der Waals surface area contributed by atoms with E-state index in [9.17, 15) is 9.59 Å². The molecule has 5 heteroatoms. The van der Waals surface area contributed by atoms with Gasteiger partial charge in [0.15, 0.2) is 0 Å². The third-order valence-corrected chi connectivity index (χ3v) is 1.82. The van der Waals surface area contributed by atoms with Crippen LogP contribution in [0.1, 0.15) is 27.2 Å². The van der Waals surface area contributed by atoms with Crippen molar-refractivity contribution in [2.45, 2.75) is 27.2 Å². The molecule has 0 fully saturated rings. The van der Waals surface area contributed by atoms with Crippen LogP contribution in [-0.4, -0.2) is 22.2 Å². The van der Waals surface area contributed by atoms with Crippen LogP contribution in [0.2, 0.25) is 0 Å². The van der Waals surface area contributed by atoms with E-state index in [4.69, 9.17) is 10.2 Å². The zero-order chi connectivity index (χ0) is 9.94. The topological polar surface area (TPSA) is 110 Å². The average molecular weight is 191 g/mol. The monoisotopic (exact) mass is 191 g/mol. The number of hydrogen-bond acceptors (Lipinski definition) is 3. The van der Waals surface area contributed by atoms with E-state index >= 15 is 0 Å². The Bertz CT molecular complexity index is 200. The molecule has 0 saturated heterocycles. The lowest BCUT2D eigenvalue weighted by Gasteiger charge is -2.20. The molecule has 0 rings (SSSR count). The first-order valence-corrected chi connectivity index (χ1v) is 3.73. The minimum absolute atomic E-state index is 0. The highest BCUT2D eigenvalue weighted by Gasteiger charge is 2.31. The van der Waals surface area contributed by atoms with Crippen molar-refractivity contribution in [2.75, 3.05) is 0 Å². The van der Waals surface area contributed by atoms with Gasteiger partial charge in [0.1, 0.15) is 0 Å². The van der Waals surface area contributed by atoms with Gasteiger partial charge in [0, 0.05) is 0 Å². The number of carbonyl (C=O) groups is 2. The fourth-order valence-corrected chi connectivity index (χ4v) is 0.940. The highest BCUT2D eigenvalue weighted by molar-refractivity contribution is 5.75. The SMILES string of the molecule is CC(CC(C)(C)C(=O)O)C(=O)O.N. The van der Waals surface area contributed by atoms with E-state index in [-0.39, 0.29) is 12.6 Å². The van der Waals surface area contributed by atoms with Gasteiger partial charge in [0.2, 0.25) is 0 Å². The molecule has 0 aromatic rings. The summed E-state index contributed by atoms with van der Waals surface area (Å²) in [6.07, 6.45) is 0.150. The van der Waals surface area contributed by atoms with Gasteiger partial charge in [-0.1, -0.05) is 6.92 Å². The Morgan fingerprint density at radius 3 is 1.92 bits per heavy atom. The van der Waals surface area contributed by atoms with Crippen molar-refractivity contribution in [3.8, 4) is 0 Å². The maximum atomic E-state index is 10.6. The molecule has 0 aromatic heterocycles. The van der Waals surface area contributed by atoms with Crippen LogP contribution in [-0.2, 0) is 9.59 Å². The van der Waals surface area contributed by atoms with E-state index in [0.717, 1.165) is 0 Å². The molecular formula is C8H17NO4. The van der Waals surface area contributed by atoms with Crippen molar-refractivity contribution >= 4 is 11.9 Å². The van der Waals surface area contributed by atoms with Crippen LogP contribution in [0.15, 0.2) is 0 Å². The van der Waals surface area contributed by atoms with E-state index < -0.39 is 23.3 Å². The Labute approximate surface area is 77.3 Å². The van der Waals surface area contributed by atoms with Crippen molar-refractivity contribution in [1.29, 1.82) is 0 Å². The van der Waals surface area contributed by atoms with Crippen LogP contribution in [0.3, 0.4) is 0 Å². The van der Waals surface area contributed by atoms with Gasteiger partial charge in [-0.2, -0.15) is 0 Å². The molecule has 5 nitrogen and oxygen atoms in total. The zero-order valence-corrected chi connectivity index (χ0v) is 8.20. The van der Waals surface area contributed by atoms with Gasteiger partial charge < -0.3 is 16.4 Å². The van der Waals surface area contributed by atoms with E-state index in [1.54, 1.807) is 0 Å². The molecular weight excluding hydrogens is 174 g/mol. The molecule has 5 N–H and O–H groups in total. The number of carboxylic acids is 2. The lowest BCUT2D eigenvalue weighted by molar-refractivity contribution is -0.150. The summed E-state index contributed by atoms with van der Waals surface area (Å²) in [7, 11) is 0. The Kier molecular flexibility index (Phi) is 5.34. The first kappa shape index (κ1) is 14.4. The van der Waals surface area contributed by atoms with Gasteiger partial charge >= 0.3 is 11.9 Å². The average Bonchev–Trinajstić information content (AvgIpc) is 1.85. The first-order chi connectivity index (χ1) is 5.27. The zero-order valence-electron chi connectivity index (χ0n) is 8.20. The normalized spacial score (nSPS) is 12.8. The van der Waals surface area contributed by atoms with Crippen LogP contribution >= 0.6 is 0 Å². The summed E-state index contributed by atoms with van der Waals surface area (Å²) in [6.45, 7) is 4.55. The molecule has 0 radical (unpaired) electrons. The summed E-state index contributed by atoms with van der Waals surface area (Å²) < 4.78 is 0. The Balaban J connectivity index is 0. The number of rotatable bonds is 4. The molecule has 0 amide bonds. The highest BCUT2D eigenvalue weighted by atomic mass is 16.4. The third kappa shape index (κ3) is 4.47. The molecule has 0 aromatic carbocycles. The van der Waals surface area contributed by atoms with Gasteiger partial charge in [-0.25, -0.2) is 0 Å². The molecule has 0 aliphatic rings. The predicted molar refractivity (Wildman–Crippen MR) is 47.9 cm³/mol. The molecule has 13 heavy (non-hydrogen) atoms. The van der Waals surface area contributed by atoms with Crippen LogP contribution in [0.4, 0.5) is 0 Å². The summed E-state index contributed by atoms with van der Waals surface area (Å²) in [6, 6.07) is 0. The molecule has 78 valence electrons. The van der Waals surface area contributed by atoms with Crippen molar-refractivity contribution in [2.24, 2.45) is 11.3 Å². The summed E-state index contributed by atoms with van der Waals surface area (Å²) in [4.78, 5) is 21.0. The van der Waals surface area contributed by atoms with Crippen LogP contribution in [0.5, 0.6) is 0 Å². The second-order valence-corrected chi connectivity index (χ2v) is 3.63. The lowest BCUT2D eigenvalue weighted by Crippen LogP contribution is -2.28. The predicted octanol–water partition coefficient (Wildman–Crippen LogP) is 1.37. The number of aliphatic carboxylic acids is 2. The van der Waals surface area contributed by atoms with E-state index in [1.165, 1.54) is 20.8 Å². The summed E-state index contributed by atoms with van der Waals surface area (Å²) >= 11 is 0. The summed E-state index contributed by atoms with van der Waals surface area (Å²) in [5.74, 6) is -2.53.